The Morgan fingerprint density at radius 3 is 2.57 bits per heavy atom. The maximum atomic E-state index is 11.4. The van der Waals surface area contributed by atoms with Crippen LogP contribution in [0.1, 0.15) is 30.6 Å². The van der Waals surface area contributed by atoms with Gasteiger partial charge >= 0.3 is 5.97 Å². The second-order valence-corrected chi connectivity index (χ2v) is 5.78. The third-order valence-electron chi connectivity index (χ3n) is 4.02. The molecule has 2 aromatic carbocycles. The predicted octanol–water partition coefficient (Wildman–Crippen LogP) is 3.90. The third kappa shape index (κ3) is 3.47. The van der Waals surface area contributed by atoms with Crippen molar-refractivity contribution in [3.05, 3.63) is 59.7 Å². The van der Waals surface area contributed by atoms with Crippen LogP contribution >= 0.6 is 0 Å². The molecule has 2 aromatic rings. The maximum Gasteiger partial charge on any atom is 0.306 e. The summed E-state index contributed by atoms with van der Waals surface area (Å²) in [6.45, 7) is 2.49. The molecule has 1 fully saturated rings. The number of cyclic esters (lactones) is 1. The fourth-order valence-electron chi connectivity index (χ4n) is 2.79. The Morgan fingerprint density at radius 2 is 1.91 bits per heavy atom. The van der Waals surface area contributed by atoms with Gasteiger partial charge in [0.05, 0.1) is 13.5 Å². The van der Waals surface area contributed by atoms with Gasteiger partial charge in [0.2, 0.25) is 0 Å². The van der Waals surface area contributed by atoms with Crippen LogP contribution in [0.3, 0.4) is 0 Å². The highest BCUT2D eigenvalue weighted by molar-refractivity contribution is 5.72. The van der Waals surface area contributed by atoms with Gasteiger partial charge in [-0.15, -0.1) is 0 Å². The molecule has 0 radical (unpaired) electrons. The molecule has 2 atom stereocenters. The minimum atomic E-state index is -0.209. The van der Waals surface area contributed by atoms with Gasteiger partial charge in [-0.05, 0) is 23.3 Å². The van der Waals surface area contributed by atoms with Crippen LogP contribution in [0.2, 0.25) is 0 Å². The number of hydrogen-bond donors (Lipinski definition) is 0. The minimum Gasteiger partial charge on any atom is -0.493 e. The summed E-state index contributed by atoms with van der Waals surface area (Å²) in [5.41, 5.74) is 2.03. The highest BCUT2D eigenvalue weighted by Gasteiger charge is 2.33. The van der Waals surface area contributed by atoms with Crippen LogP contribution in [0.15, 0.2) is 48.5 Å². The van der Waals surface area contributed by atoms with Crippen molar-refractivity contribution in [1.82, 2.24) is 0 Å². The van der Waals surface area contributed by atoms with Gasteiger partial charge in [0, 0.05) is 5.92 Å². The summed E-state index contributed by atoms with van der Waals surface area (Å²) in [4.78, 5) is 11.4. The van der Waals surface area contributed by atoms with Crippen molar-refractivity contribution in [1.29, 1.82) is 0 Å². The molecule has 1 heterocycles. The summed E-state index contributed by atoms with van der Waals surface area (Å²) in [5, 5.41) is 0. The highest BCUT2D eigenvalue weighted by Crippen LogP contribution is 2.38. The number of methoxy groups -OCH3 is 1. The van der Waals surface area contributed by atoms with Crippen LogP contribution in [0, 0.1) is 5.92 Å². The molecule has 23 heavy (non-hydrogen) atoms. The van der Waals surface area contributed by atoms with Crippen molar-refractivity contribution in [3.63, 3.8) is 0 Å². The fraction of sp³-hybridized carbons (Fsp3) is 0.316. The number of carbonyl (C=O) groups excluding carboxylic acids is 1. The van der Waals surface area contributed by atoms with Crippen LogP contribution in [-0.2, 0) is 16.1 Å². The molecule has 0 unspecified atom stereocenters. The number of carbonyl (C=O) groups is 1. The quantitative estimate of drug-likeness (QED) is 0.786. The second kappa shape index (κ2) is 6.73. The number of ether oxygens (including phenoxy) is 3. The molecule has 3 rings (SSSR count). The maximum absolute atomic E-state index is 11.4. The first-order valence-corrected chi connectivity index (χ1v) is 7.71. The van der Waals surface area contributed by atoms with Crippen LogP contribution in [0.25, 0.3) is 0 Å². The van der Waals surface area contributed by atoms with Crippen LogP contribution in [0.4, 0.5) is 0 Å². The lowest BCUT2D eigenvalue weighted by molar-refractivity contribution is -0.141. The fourth-order valence-corrected chi connectivity index (χ4v) is 2.79. The number of hydrogen-bond acceptors (Lipinski definition) is 4. The average Bonchev–Trinajstić information content (AvgIpc) is 2.92. The molecule has 0 amide bonds. The third-order valence-corrected chi connectivity index (χ3v) is 4.02. The smallest absolute Gasteiger partial charge is 0.306 e. The van der Waals surface area contributed by atoms with Gasteiger partial charge < -0.3 is 14.2 Å². The van der Waals surface area contributed by atoms with E-state index in [0.717, 1.165) is 11.1 Å². The van der Waals surface area contributed by atoms with Crippen LogP contribution < -0.4 is 9.47 Å². The molecule has 0 aromatic heterocycles. The van der Waals surface area contributed by atoms with E-state index in [2.05, 4.69) is 0 Å². The molecule has 4 heteroatoms. The van der Waals surface area contributed by atoms with Crippen LogP contribution in [-0.4, -0.2) is 13.1 Å². The molecule has 1 aliphatic rings. The predicted molar refractivity (Wildman–Crippen MR) is 86.4 cm³/mol. The van der Waals surface area contributed by atoms with Crippen LogP contribution in [0.5, 0.6) is 11.5 Å². The zero-order valence-electron chi connectivity index (χ0n) is 13.3. The Kier molecular flexibility index (Phi) is 4.51. The normalized spacial score (nSPS) is 20.2. The van der Waals surface area contributed by atoms with Gasteiger partial charge in [0.15, 0.2) is 11.5 Å². The van der Waals surface area contributed by atoms with Crippen molar-refractivity contribution in [2.24, 2.45) is 5.92 Å². The molecule has 120 valence electrons. The summed E-state index contributed by atoms with van der Waals surface area (Å²) in [5.74, 6) is 1.35. The van der Waals surface area contributed by atoms with E-state index in [1.165, 1.54) is 0 Å². The molecule has 0 bridgehead atoms. The average molecular weight is 312 g/mol. The summed E-state index contributed by atoms with van der Waals surface area (Å²) in [6.07, 6.45) is 0.249. The summed E-state index contributed by atoms with van der Waals surface area (Å²) < 4.78 is 16.7. The van der Waals surface area contributed by atoms with Gasteiger partial charge in [0.25, 0.3) is 0 Å². The first-order valence-electron chi connectivity index (χ1n) is 7.71. The molecule has 0 aliphatic carbocycles. The van der Waals surface area contributed by atoms with Crippen molar-refractivity contribution in [2.45, 2.75) is 26.1 Å². The SMILES string of the molecule is COc1cc([C@H]2OC(=O)C[C@H]2C)ccc1OCc1ccccc1. The van der Waals surface area contributed by atoms with E-state index in [1.807, 2.05) is 55.5 Å². The number of esters is 1. The molecular formula is C19H20O4. The van der Waals surface area contributed by atoms with E-state index in [9.17, 15) is 4.79 Å². The van der Waals surface area contributed by atoms with Gasteiger partial charge in [-0.25, -0.2) is 0 Å². The number of benzene rings is 2. The summed E-state index contributed by atoms with van der Waals surface area (Å²) >= 11 is 0. The summed E-state index contributed by atoms with van der Waals surface area (Å²) in [7, 11) is 1.61. The van der Waals surface area contributed by atoms with Crippen molar-refractivity contribution < 1.29 is 19.0 Å². The van der Waals surface area contributed by atoms with E-state index in [-0.39, 0.29) is 18.0 Å². The largest absolute Gasteiger partial charge is 0.493 e. The molecule has 0 N–H and O–H groups in total. The standard InChI is InChI=1S/C19H20O4/c1-13-10-18(20)23-19(13)15-8-9-16(17(11-15)21-2)22-12-14-6-4-3-5-7-14/h3-9,11,13,19H,10,12H2,1-2H3/t13-,19+/m1/s1. The lowest BCUT2D eigenvalue weighted by atomic mass is 9.97. The zero-order valence-corrected chi connectivity index (χ0v) is 13.3. The topological polar surface area (TPSA) is 44.8 Å². The lowest BCUT2D eigenvalue weighted by Gasteiger charge is -2.17. The van der Waals surface area contributed by atoms with E-state index in [1.54, 1.807) is 7.11 Å². The second-order valence-electron chi connectivity index (χ2n) is 5.78. The van der Waals surface area contributed by atoms with E-state index in [4.69, 9.17) is 14.2 Å². The van der Waals surface area contributed by atoms with Gasteiger partial charge in [-0.3, -0.25) is 4.79 Å². The number of rotatable bonds is 5. The molecular weight excluding hydrogens is 292 g/mol. The van der Waals surface area contributed by atoms with E-state index >= 15 is 0 Å². The minimum absolute atomic E-state index is 0.147. The molecule has 0 saturated carbocycles. The first kappa shape index (κ1) is 15.4. The Bertz CT molecular complexity index is 681. The first-order chi connectivity index (χ1) is 11.2. The summed E-state index contributed by atoms with van der Waals surface area (Å²) in [6, 6.07) is 15.7. The van der Waals surface area contributed by atoms with E-state index < -0.39 is 0 Å². The molecule has 4 nitrogen and oxygen atoms in total. The lowest BCUT2D eigenvalue weighted by Crippen LogP contribution is -2.05. The Labute approximate surface area is 136 Å². The molecule has 0 spiro atoms. The monoisotopic (exact) mass is 312 g/mol. The van der Waals surface area contributed by atoms with Crippen molar-refractivity contribution in [3.8, 4) is 11.5 Å². The van der Waals surface area contributed by atoms with Crippen molar-refractivity contribution >= 4 is 5.97 Å². The molecule has 1 saturated heterocycles. The molecule has 1 aliphatic heterocycles. The van der Waals surface area contributed by atoms with Gasteiger partial charge in [0.1, 0.15) is 12.7 Å². The van der Waals surface area contributed by atoms with Gasteiger partial charge in [-0.2, -0.15) is 0 Å². The van der Waals surface area contributed by atoms with Crippen molar-refractivity contribution in [2.75, 3.05) is 7.11 Å². The highest BCUT2D eigenvalue weighted by atomic mass is 16.6. The Hall–Kier alpha value is -2.49. The van der Waals surface area contributed by atoms with Gasteiger partial charge in [-0.1, -0.05) is 43.3 Å². The van der Waals surface area contributed by atoms with E-state index in [0.29, 0.717) is 24.5 Å². The Balaban J connectivity index is 1.76. The Morgan fingerprint density at radius 1 is 1.13 bits per heavy atom. The zero-order chi connectivity index (χ0) is 16.2.